The fraction of sp³-hybridized carbons (Fsp3) is 0.571. The Balaban J connectivity index is 1.68. The second kappa shape index (κ2) is 7.03. The Morgan fingerprint density at radius 2 is 2.04 bits per heavy atom. The normalized spacial score (nSPS) is 24.6. The van der Waals surface area contributed by atoms with Crippen LogP contribution in [0.3, 0.4) is 0 Å². The van der Waals surface area contributed by atoms with Crippen molar-refractivity contribution in [3.8, 4) is 11.8 Å². The largest absolute Gasteiger partial charge is 0.392 e. The monoisotopic (exact) mass is 357 g/mol. The SMILES string of the molecule is CO[C@@H]1C[C@H](O)C12CCN(C(=O)c1cccc(C#CC(C)(C)O)c1)CC2. The summed E-state index contributed by atoms with van der Waals surface area (Å²) in [5.74, 6) is 5.66. The third-order valence-corrected chi connectivity index (χ3v) is 5.63. The number of benzene rings is 1. The Kier molecular flexibility index (Phi) is 5.12. The van der Waals surface area contributed by atoms with Crippen molar-refractivity contribution in [1.82, 2.24) is 4.90 Å². The van der Waals surface area contributed by atoms with Crippen molar-refractivity contribution < 1.29 is 19.7 Å². The molecule has 1 aromatic rings. The third-order valence-electron chi connectivity index (χ3n) is 5.63. The molecule has 1 aromatic carbocycles. The van der Waals surface area contributed by atoms with Gasteiger partial charge in [-0.3, -0.25) is 4.79 Å². The smallest absolute Gasteiger partial charge is 0.253 e. The third kappa shape index (κ3) is 3.64. The predicted molar refractivity (Wildman–Crippen MR) is 98.6 cm³/mol. The first-order chi connectivity index (χ1) is 12.2. The summed E-state index contributed by atoms with van der Waals surface area (Å²) >= 11 is 0. The van der Waals surface area contributed by atoms with E-state index in [2.05, 4.69) is 11.8 Å². The van der Waals surface area contributed by atoms with Crippen molar-refractivity contribution in [3.05, 3.63) is 35.4 Å². The van der Waals surface area contributed by atoms with Crippen molar-refractivity contribution in [1.29, 1.82) is 0 Å². The van der Waals surface area contributed by atoms with Crippen molar-refractivity contribution in [2.45, 2.75) is 50.9 Å². The molecule has 1 aliphatic carbocycles. The van der Waals surface area contributed by atoms with E-state index in [9.17, 15) is 15.0 Å². The van der Waals surface area contributed by atoms with Gasteiger partial charge in [-0.1, -0.05) is 17.9 Å². The minimum atomic E-state index is -1.07. The van der Waals surface area contributed by atoms with Crippen LogP contribution in [0.5, 0.6) is 0 Å². The fourth-order valence-electron chi connectivity index (χ4n) is 3.98. The Labute approximate surface area is 155 Å². The first-order valence-electron chi connectivity index (χ1n) is 9.11. The molecule has 5 heteroatoms. The highest BCUT2D eigenvalue weighted by Gasteiger charge is 2.56. The zero-order valence-electron chi connectivity index (χ0n) is 15.7. The minimum absolute atomic E-state index is 0.0189. The number of piperidine rings is 1. The lowest BCUT2D eigenvalue weighted by molar-refractivity contribution is -0.199. The van der Waals surface area contributed by atoms with Crippen molar-refractivity contribution >= 4 is 5.91 Å². The molecule has 0 radical (unpaired) electrons. The molecule has 1 saturated carbocycles. The highest BCUT2D eigenvalue weighted by molar-refractivity contribution is 5.94. The van der Waals surface area contributed by atoms with E-state index in [-0.39, 0.29) is 23.5 Å². The van der Waals surface area contributed by atoms with Gasteiger partial charge in [0.05, 0.1) is 12.2 Å². The number of methoxy groups -OCH3 is 1. The molecule has 2 fully saturated rings. The zero-order chi connectivity index (χ0) is 18.9. The second-order valence-electron chi connectivity index (χ2n) is 7.89. The zero-order valence-corrected chi connectivity index (χ0v) is 15.7. The lowest BCUT2D eigenvalue weighted by Crippen LogP contribution is -2.62. The number of rotatable bonds is 2. The van der Waals surface area contributed by atoms with Crippen LogP contribution in [0.25, 0.3) is 0 Å². The Hall–Kier alpha value is -1.87. The number of carbonyl (C=O) groups excluding carboxylic acids is 1. The summed E-state index contributed by atoms with van der Waals surface area (Å²) in [6, 6.07) is 7.19. The molecule has 1 saturated heterocycles. The standard InChI is InChI=1S/C21H27NO4/c1-20(2,25)8-7-15-5-4-6-16(13-15)19(24)22-11-9-21(10-12-22)17(23)14-18(21)26-3/h4-6,13,17-18,23,25H,9-12,14H2,1-3H3/t17-,18+/m0/s1. The topological polar surface area (TPSA) is 70.0 Å². The van der Waals surface area contributed by atoms with E-state index in [1.54, 1.807) is 33.1 Å². The van der Waals surface area contributed by atoms with Gasteiger partial charge in [0, 0.05) is 43.2 Å². The molecule has 1 heterocycles. The molecule has 1 aliphatic heterocycles. The van der Waals surface area contributed by atoms with Gasteiger partial charge in [0.25, 0.3) is 5.91 Å². The molecule has 5 nitrogen and oxygen atoms in total. The number of ether oxygens (including phenoxy) is 1. The molecule has 0 unspecified atom stereocenters. The van der Waals surface area contributed by atoms with E-state index in [0.717, 1.165) is 12.8 Å². The average Bonchev–Trinajstić information content (AvgIpc) is 2.63. The molecule has 1 spiro atoms. The lowest BCUT2D eigenvalue weighted by atomic mass is 9.58. The quantitative estimate of drug-likeness (QED) is 0.792. The molecule has 3 rings (SSSR count). The number of hydrogen-bond acceptors (Lipinski definition) is 4. The van der Waals surface area contributed by atoms with E-state index >= 15 is 0 Å². The molecule has 2 atom stereocenters. The van der Waals surface area contributed by atoms with Crippen molar-refractivity contribution in [3.63, 3.8) is 0 Å². The Bertz CT molecular complexity index is 732. The fourth-order valence-corrected chi connectivity index (χ4v) is 3.98. The van der Waals surface area contributed by atoms with Crippen LogP contribution in [0.2, 0.25) is 0 Å². The molecule has 26 heavy (non-hydrogen) atoms. The number of likely N-dealkylation sites (tertiary alicyclic amines) is 1. The Morgan fingerprint density at radius 1 is 1.35 bits per heavy atom. The van der Waals surface area contributed by atoms with E-state index in [1.807, 2.05) is 17.0 Å². The molecular weight excluding hydrogens is 330 g/mol. The second-order valence-corrected chi connectivity index (χ2v) is 7.89. The number of carbonyl (C=O) groups is 1. The summed E-state index contributed by atoms with van der Waals surface area (Å²) in [5, 5.41) is 19.9. The molecule has 0 bridgehead atoms. The van der Waals surface area contributed by atoms with E-state index in [1.165, 1.54) is 0 Å². The van der Waals surface area contributed by atoms with Gasteiger partial charge >= 0.3 is 0 Å². The number of aliphatic hydroxyl groups is 2. The summed E-state index contributed by atoms with van der Waals surface area (Å²) in [6.45, 7) is 4.49. The minimum Gasteiger partial charge on any atom is -0.392 e. The molecule has 2 N–H and O–H groups in total. The summed E-state index contributed by atoms with van der Waals surface area (Å²) in [5.41, 5.74) is 0.0510. The van der Waals surface area contributed by atoms with Crippen molar-refractivity contribution in [2.24, 2.45) is 5.41 Å². The van der Waals surface area contributed by atoms with Crippen LogP contribution in [-0.2, 0) is 4.74 Å². The maximum atomic E-state index is 12.8. The number of nitrogens with zero attached hydrogens (tertiary/aromatic N) is 1. The highest BCUT2D eigenvalue weighted by atomic mass is 16.5. The molecular formula is C21H27NO4. The Morgan fingerprint density at radius 3 is 2.62 bits per heavy atom. The number of aliphatic hydroxyl groups excluding tert-OH is 1. The highest BCUT2D eigenvalue weighted by Crippen LogP contribution is 2.50. The lowest BCUT2D eigenvalue weighted by Gasteiger charge is -2.56. The first-order valence-corrected chi connectivity index (χ1v) is 9.11. The van der Waals surface area contributed by atoms with Gasteiger partial charge in [0.1, 0.15) is 5.60 Å². The number of hydrogen-bond donors (Lipinski definition) is 2. The van der Waals surface area contributed by atoms with Crippen LogP contribution in [0, 0.1) is 17.3 Å². The van der Waals surface area contributed by atoms with Gasteiger partial charge in [-0.25, -0.2) is 0 Å². The molecule has 0 aromatic heterocycles. The van der Waals surface area contributed by atoms with Gasteiger partial charge < -0.3 is 19.8 Å². The van der Waals surface area contributed by atoms with Crippen LogP contribution in [0.1, 0.15) is 49.0 Å². The van der Waals surface area contributed by atoms with Gasteiger partial charge in [0.15, 0.2) is 0 Å². The predicted octanol–water partition coefficient (Wildman–Crippen LogP) is 1.81. The van der Waals surface area contributed by atoms with Crippen LogP contribution in [0.15, 0.2) is 24.3 Å². The summed E-state index contributed by atoms with van der Waals surface area (Å²) in [4.78, 5) is 14.7. The summed E-state index contributed by atoms with van der Waals surface area (Å²) in [6.07, 6.45) is 1.97. The van der Waals surface area contributed by atoms with Gasteiger partial charge in [-0.2, -0.15) is 0 Å². The van der Waals surface area contributed by atoms with Crippen LogP contribution in [0.4, 0.5) is 0 Å². The maximum absolute atomic E-state index is 12.8. The van der Waals surface area contributed by atoms with E-state index in [0.29, 0.717) is 30.6 Å². The van der Waals surface area contributed by atoms with Crippen molar-refractivity contribution in [2.75, 3.05) is 20.2 Å². The van der Waals surface area contributed by atoms with Crippen LogP contribution < -0.4 is 0 Å². The maximum Gasteiger partial charge on any atom is 0.253 e. The first kappa shape index (κ1) is 18.9. The number of amides is 1. The molecule has 2 aliphatic rings. The van der Waals surface area contributed by atoms with E-state index in [4.69, 9.17) is 4.74 Å². The van der Waals surface area contributed by atoms with E-state index < -0.39 is 5.60 Å². The van der Waals surface area contributed by atoms with Gasteiger partial charge in [-0.15, -0.1) is 0 Å². The summed E-state index contributed by atoms with van der Waals surface area (Å²) in [7, 11) is 1.69. The molecule has 1 amide bonds. The van der Waals surface area contributed by atoms with Crippen LogP contribution in [-0.4, -0.2) is 59.0 Å². The summed E-state index contributed by atoms with van der Waals surface area (Å²) < 4.78 is 5.50. The molecule has 140 valence electrons. The van der Waals surface area contributed by atoms with Crippen LogP contribution >= 0.6 is 0 Å². The van der Waals surface area contributed by atoms with Gasteiger partial charge in [0.2, 0.25) is 0 Å². The van der Waals surface area contributed by atoms with Gasteiger partial charge in [-0.05, 0) is 44.9 Å². The average molecular weight is 357 g/mol.